The molecule has 0 bridgehead atoms. The number of aromatic nitrogens is 1. The second-order valence-electron chi connectivity index (χ2n) is 4.68. The first-order valence-electron chi connectivity index (χ1n) is 5.83. The molecule has 98 valence electrons. The Morgan fingerprint density at radius 2 is 2.39 bits per heavy atom. The maximum atomic E-state index is 12.1. The van der Waals surface area contributed by atoms with Crippen molar-refractivity contribution in [2.75, 3.05) is 37.5 Å². The van der Waals surface area contributed by atoms with Crippen molar-refractivity contribution in [2.45, 2.75) is 12.0 Å². The zero-order chi connectivity index (χ0) is 13.2. The molecule has 1 aromatic heterocycles. The number of hydrogen-bond acceptors (Lipinski definition) is 5. The lowest BCUT2D eigenvalue weighted by atomic mass is 9.99. The molecule has 1 amide bonds. The summed E-state index contributed by atoms with van der Waals surface area (Å²) in [6, 6.07) is 3.58. The molecule has 0 radical (unpaired) electrons. The number of carbonyl (C=O) groups excluding carboxylic acids is 1. The van der Waals surface area contributed by atoms with Crippen LogP contribution in [0.1, 0.15) is 6.42 Å². The van der Waals surface area contributed by atoms with Crippen LogP contribution in [-0.2, 0) is 9.53 Å². The Bertz CT molecular complexity index is 441. The molecule has 2 heterocycles. The van der Waals surface area contributed by atoms with Crippen molar-refractivity contribution in [3.05, 3.63) is 18.3 Å². The zero-order valence-electron chi connectivity index (χ0n) is 10.6. The van der Waals surface area contributed by atoms with Gasteiger partial charge in [-0.3, -0.25) is 4.79 Å². The van der Waals surface area contributed by atoms with Gasteiger partial charge in [-0.05, 0) is 18.6 Å². The molecular formula is C12H18N4O2. The molecule has 0 aromatic carbocycles. The third kappa shape index (κ3) is 2.44. The van der Waals surface area contributed by atoms with Crippen molar-refractivity contribution in [3.63, 3.8) is 0 Å². The molecule has 6 nitrogen and oxygen atoms in total. The van der Waals surface area contributed by atoms with Crippen molar-refractivity contribution in [3.8, 4) is 0 Å². The van der Waals surface area contributed by atoms with E-state index in [0.717, 1.165) is 0 Å². The molecule has 0 saturated carbocycles. The minimum absolute atomic E-state index is 0.226. The highest BCUT2D eigenvalue weighted by atomic mass is 16.5. The second kappa shape index (κ2) is 4.91. The summed E-state index contributed by atoms with van der Waals surface area (Å²) in [4.78, 5) is 18.2. The van der Waals surface area contributed by atoms with E-state index in [-0.39, 0.29) is 12.5 Å². The Balaban J connectivity index is 2.16. The minimum Gasteiger partial charge on any atom is -0.379 e. The summed E-state index contributed by atoms with van der Waals surface area (Å²) < 4.78 is 5.18. The average Bonchev–Trinajstić information content (AvgIpc) is 2.78. The van der Waals surface area contributed by atoms with Crippen LogP contribution in [-0.4, -0.2) is 43.7 Å². The van der Waals surface area contributed by atoms with Crippen molar-refractivity contribution in [1.82, 2.24) is 4.98 Å². The molecule has 1 atom stereocenters. The molecule has 1 aliphatic rings. The number of anilines is 2. The summed E-state index contributed by atoms with van der Waals surface area (Å²) in [6.45, 7) is 0.786. The molecule has 1 fully saturated rings. The van der Waals surface area contributed by atoms with Gasteiger partial charge in [0.25, 0.3) is 0 Å². The summed E-state index contributed by atoms with van der Waals surface area (Å²) in [5.74, 6) is 0.476. The van der Waals surface area contributed by atoms with Gasteiger partial charge in [0, 0.05) is 26.9 Å². The van der Waals surface area contributed by atoms with Gasteiger partial charge in [-0.1, -0.05) is 0 Å². The fourth-order valence-electron chi connectivity index (χ4n) is 1.86. The lowest BCUT2D eigenvalue weighted by molar-refractivity contribution is -0.121. The fourth-order valence-corrected chi connectivity index (χ4v) is 1.86. The number of hydrogen-bond donors (Lipinski definition) is 2. The van der Waals surface area contributed by atoms with Crippen molar-refractivity contribution in [1.29, 1.82) is 0 Å². The van der Waals surface area contributed by atoms with E-state index in [0.29, 0.717) is 24.5 Å². The predicted octanol–water partition coefficient (Wildman–Crippen LogP) is 0.204. The maximum absolute atomic E-state index is 12.1. The summed E-state index contributed by atoms with van der Waals surface area (Å²) in [6.07, 6.45) is 2.22. The zero-order valence-corrected chi connectivity index (χ0v) is 10.6. The van der Waals surface area contributed by atoms with Gasteiger partial charge in [-0.15, -0.1) is 0 Å². The highest BCUT2D eigenvalue weighted by Gasteiger charge is 2.38. The molecule has 0 aliphatic carbocycles. The van der Waals surface area contributed by atoms with Gasteiger partial charge >= 0.3 is 0 Å². The summed E-state index contributed by atoms with van der Waals surface area (Å²) in [5, 5.41) is 2.83. The smallest absolute Gasteiger partial charge is 0.247 e. The lowest BCUT2D eigenvalue weighted by Crippen LogP contribution is -2.51. The minimum atomic E-state index is -0.931. The second-order valence-corrected chi connectivity index (χ2v) is 4.68. The molecule has 2 rings (SSSR count). The van der Waals surface area contributed by atoms with Crippen molar-refractivity contribution in [2.24, 2.45) is 5.73 Å². The summed E-state index contributed by atoms with van der Waals surface area (Å²) >= 11 is 0. The molecule has 3 N–H and O–H groups in total. The Labute approximate surface area is 106 Å². The number of nitrogens with zero attached hydrogens (tertiary/aromatic N) is 2. The largest absolute Gasteiger partial charge is 0.379 e. The number of nitrogens with two attached hydrogens (primary N) is 1. The van der Waals surface area contributed by atoms with Crippen LogP contribution >= 0.6 is 0 Å². The van der Waals surface area contributed by atoms with Gasteiger partial charge in [0.1, 0.15) is 5.54 Å². The van der Waals surface area contributed by atoms with E-state index in [4.69, 9.17) is 10.5 Å². The van der Waals surface area contributed by atoms with Gasteiger partial charge in [0.05, 0.1) is 12.3 Å². The van der Waals surface area contributed by atoms with E-state index in [2.05, 4.69) is 10.3 Å². The first-order chi connectivity index (χ1) is 8.53. The van der Waals surface area contributed by atoms with Crippen LogP contribution in [0.2, 0.25) is 0 Å². The van der Waals surface area contributed by atoms with E-state index >= 15 is 0 Å². The third-order valence-electron chi connectivity index (χ3n) is 2.96. The topological polar surface area (TPSA) is 80.5 Å². The molecule has 1 aliphatic heterocycles. The van der Waals surface area contributed by atoms with Crippen LogP contribution in [0.25, 0.3) is 0 Å². The van der Waals surface area contributed by atoms with E-state index < -0.39 is 5.54 Å². The predicted molar refractivity (Wildman–Crippen MR) is 69.5 cm³/mol. The average molecular weight is 250 g/mol. The Morgan fingerprint density at radius 3 is 3.00 bits per heavy atom. The van der Waals surface area contributed by atoms with Gasteiger partial charge in [0.2, 0.25) is 5.91 Å². The number of amides is 1. The van der Waals surface area contributed by atoms with Gasteiger partial charge in [-0.25, -0.2) is 4.98 Å². The quantitative estimate of drug-likeness (QED) is 0.801. The van der Waals surface area contributed by atoms with Gasteiger partial charge in [-0.2, -0.15) is 0 Å². The monoisotopic (exact) mass is 250 g/mol. The van der Waals surface area contributed by atoms with Crippen molar-refractivity contribution >= 4 is 17.4 Å². The third-order valence-corrected chi connectivity index (χ3v) is 2.96. The van der Waals surface area contributed by atoms with Crippen LogP contribution < -0.4 is 16.0 Å². The molecule has 1 aromatic rings. The molecule has 1 saturated heterocycles. The molecule has 1 unspecified atom stereocenters. The molecule has 6 heteroatoms. The normalized spacial score (nSPS) is 22.8. The van der Waals surface area contributed by atoms with Crippen LogP contribution in [0.5, 0.6) is 0 Å². The first-order valence-corrected chi connectivity index (χ1v) is 5.83. The standard InChI is InChI=1S/C12H18N4O2/c1-16(2)10-9(4-3-6-14-10)15-11(17)12(13)5-7-18-8-12/h3-4,6H,5,7-8,13H2,1-2H3,(H,15,17). The molecule has 18 heavy (non-hydrogen) atoms. The maximum Gasteiger partial charge on any atom is 0.247 e. The number of rotatable bonds is 3. The number of carbonyl (C=O) groups is 1. The highest BCUT2D eigenvalue weighted by Crippen LogP contribution is 2.23. The molecular weight excluding hydrogens is 232 g/mol. The number of ether oxygens (including phenoxy) is 1. The Morgan fingerprint density at radius 1 is 1.61 bits per heavy atom. The lowest BCUT2D eigenvalue weighted by Gasteiger charge is -2.22. The van der Waals surface area contributed by atoms with Crippen LogP contribution in [0, 0.1) is 0 Å². The van der Waals surface area contributed by atoms with Gasteiger partial charge < -0.3 is 20.7 Å². The fraction of sp³-hybridized carbons (Fsp3) is 0.500. The SMILES string of the molecule is CN(C)c1ncccc1NC(=O)C1(N)CCOC1. The Hall–Kier alpha value is -1.66. The number of pyridine rings is 1. The number of nitrogens with one attached hydrogen (secondary N) is 1. The summed E-state index contributed by atoms with van der Waals surface area (Å²) in [7, 11) is 3.74. The van der Waals surface area contributed by atoms with E-state index in [1.165, 1.54) is 0 Å². The van der Waals surface area contributed by atoms with Crippen LogP contribution in [0.3, 0.4) is 0 Å². The van der Waals surface area contributed by atoms with Crippen LogP contribution in [0.15, 0.2) is 18.3 Å². The van der Waals surface area contributed by atoms with Crippen LogP contribution in [0.4, 0.5) is 11.5 Å². The molecule has 0 spiro atoms. The van der Waals surface area contributed by atoms with Crippen molar-refractivity contribution < 1.29 is 9.53 Å². The summed E-state index contributed by atoms with van der Waals surface area (Å²) in [5.41, 5.74) is 5.73. The van der Waals surface area contributed by atoms with E-state index in [1.54, 1.807) is 18.3 Å². The van der Waals surface area contributed by atoms with Gasteiger partial charge in [0.15, 0.2) is 5.82 Å². The van der Waals surface area contributed by atoms with E-state index in [1.807, 2.05) is 19.0 Å². The Kier molecular flexibility index (Phi) is 3.49. The highest BCUT2D eigenvalue weighted by molar-refractivity contribution is 6.00. The first kappa shape index (κ1) is 12.8. The van der Waals surface area contributed by atoms with E-state index in [9.17, 15) is 4.79 Å².